The SMILES string of the molecule is Cc1cc(C)c(C2=NO[C@@H](C(=O)c3ccccc3)C2)c(C)c1. The third-order valence-corrected chi connectivity index (χ3v) is 3.99. The van der Waals surface area contributed by atoms with E-state index in [2.05, 4.69) is 38.1 Å². The van der Waals surface area contributed by atoms with Gasteiger partial charge in [0.25, 0.3) is 0 Å². The fourth-order valence-corrected chi connectivity index (χ4v) is 3.09. The fraction of sp³-hybridized carbons (Fsp3) is 0.263. The summed E-state index contributed by atoms with van der Waals surface area (Å²) < 4.78 is 0. The first-order chi connectivity index (χ1) is 10.6. The topological polar surface area (TPSA) is 38.7 Å². The van der Waals surface area contributed by atoms with Crippen LogP contribution < -0.4 is 0 Å². The number of hydrogen-bond acceptors (Lipinski definition) is 3. The van der Waals surface area contributed by atoms with E-state index in [0.29, 0.717) is 12.0 Å². The lowest BCUT2D eigenvalue weighted by atomic mass is 9.92. The highest BCUT2D eigenvalue weighted by Crippen LogP contribution is 2.25. The highest BCUT2D eigenvalue weighted by molar-refractivity contribution is 6.09. The molecule has 0 bridgehead atoms. The Morgan fingerprint density at radius 2 is 1.73 bits per heavy atom. The lowest BCUT2D eigenvalue weighted by molar-refractivity contribution is 0.0556. The summed E-state index contributed by atoms with van der Waals surface area (Å²) in [5.41, 5.74) is 6.22. The maximum atomic E-state index is 12.4. The van der Waals surface area contributed by atoms with Crippen LogP contribution in [0.1, 0.15) is 39.0 Å². The maximum Gasteiger partial charge on any atom is 0.206 e. The Bertz CT molecular complexity index is 724. The van der Waals surface area contributed by atoms with Crippen molar-refractivity contribution in [1.82, 2.24) is 0 Å². The zero-order valence-electron chi connectivity index (χ0n) is 13.1. The minimum absolute atomic E-state index is 0.0123. The van der Waals surface area contributed by atoms with Crippen LogP contribution in [0.2, 0.25) is 0 Å². The molecular weight excluding hydrogens is 274 g/mol. The molecule has 112 valence electrons. The molecule has 3 heteroatoms. The van der Waals surface area contributed by atoms with Crippen molar-refractivity contribution in [3.63, 3.8) is 0 Å². The van der Waals surface area contributed by atoms with Gasteiger partial charge in [-0.2, -0.15) is 0 Å². The monoisotopic (exact) mass is 293 g/mol. The van der Waals surface area contributed by atoms with Gasteiger partial charge in [0.15, 0.2) is 6.10 Å². The van der Waals surface area contributed by atoms with E-state index < -0.39 is 6.10 Å². The summed E-state index contributed by atoms with van der Waals surface area (Å²) in [5.74, 6) is -0.0123. The molecule has 0 amide bonds. The van der Waals surface area contributed by atoms with Crippen molar-refractivity contribution in [2.24, 2.45) is 5.16 Å². The van der Waals surface area contributed by atoms with Gasteiger partial charge < -0.3 is 4.84 Å². The molecule has 0 aliphatic carbocycles. The van der Waals surface area contributed by atoms with E-state index >= 15 is 0 Å². The predicted octanol–water partition coefficient (Wildman–Crippen LogP) is 3.99. The van der Waals surface area contributed by atoms with Crippen LogP contribution in [-0.2, 0) is 4.84 Å². The summed E-state index contributed by atoms with van der Waals surface area (Å²) >= 11 is 0. The Hall–Kier alpha value is -2.42. The Morgan fingerprint density at radius 1 is 1.09 bits per heavy atom. The van der Waals surface area contributed by atoms with Crippen molar-refractivity contribution in [1.29, 1.82) is 0 Å². The minimum atomic E-state index is -0.516. The molecule has 0 fully saturated rings. The third kappa shape index (κ3) is 2.67. The molecule has 1 atom stereocenters. The zero-order chi connectivity index (χ0) is 15.7. The van der Waals surface area contributed by atoms with Crippen LogP contribution in [0.3, 0.4) is 0 Å². The van der Waals surface area contributed by atoms with Crippen LogP contribution in [0.15, 0.2) is 47.6 Å². The van der Waals surface area contributed by atoms with Crippen LogP contribution in [0.4, 0.5) is 0 Å². The summed E-state index contributed by atoms with van der Waals surface area (Å²) in [6.07, 6.45) is 0.0101. The highest BCUT2D eigenvalue weighted by atomic mass is 16.6. The van der Waals surface area contributed by atoms with Gasteiger partial charge in [0, 0.05) is 17.5 Å². The van der Waals surface area contributed by atoms with E-state index in [9.17, 15) is 4.79 Å². The van der Waals surface area contributed by atoms with E-state index in [1.807, 2.05) is 30.3 Å². The molecule has 0 saturated heterocycles. The molecule has 0 unspecified atom stereocenters. The van der Waals surface area contributed by atoms with Crippen LogP contribution in [-0.4, -0.2) is 17.6 Å². The van der Waals surface area contributed by atoms with Crippen molar-refractivity contribution in [2.75, 3.05) is 0 Å². The zero-order valence-corrected chi connectivity index (χ0v) is 13.1. The molecule has 3 rings (SSSR count). The molecule has 0 radical (unpaired) electrons. The van der Waals surface area contributed by atoms with E-state index in [1.165, 1.54) is 16.7 Å². The second kappa shape index (κ2) is 5.76. The number of rotatable bonds is 3. The van der Waals surface area contributed by atoms with Crippen LogP contribution in [0.25, 0.3) is 0 Å². The second-order valence-corrected chi connectivity index (χ2v) is 5.84. The first-order valence-electron chi connectivity index (χ1n) is 7.46. The van der Waals surface area contributed by atoms with Crippen molar-refractivity contribution in [2.45, 2.75) is 33.3 Å². The number of nitrogens with zero attached hydrogens (tertiary/aromatic N) is 1. The molecule has 3 nitrogen and oxygen atoms in total. The summed E-state index contributed by atoms with van der Waals surface area (Å²) in [6, 6.07) is 13.5. The maximum absolute atomic E-state index is 12.4. The highest BCUT2D eigenvalue weighted by Gasteiger charge is 2.30. The molecule has 0 spiro atoms. The molecule has 2 aromatic rings. The molecular formula is C19H19NO2. The third-order valence-electron chi connectivity index (χ3n) is 3.99. The molecule has 1 heterocycles. The van der Waals surface area contributed by atoms with Gasteiger partial charge in [0.05, 0.1) is 5.71 Å². The van der Waals surface area contributed by atoms with Gasteiger partial charge in [0.2, 0.25) is 5.78 Å². The molecule has 2 aromatic carbocycles. The number of carbonyl (C=O) groups is 1. The molecule has 22 heavy (non-hydrogen) atoms. The van der Waals surface area contributed by atoms with Gasteiger partial charge >= 0.3 is 0 Å². The summed E-state index contributed by atoms with van der Waals surface area (Å²) in [4.78, 5) is 17.9. The first-order valence-corrected chi connectivity index (χ1v) is 7.46. The average molecular weight is 293 g/mol. The number of benzene rings is 2. The summed E-state index contributed by atoms with van der Waals surface area (Å²) in [5, 5.41) is 4.18. The number of hydrogen-bond donors (Lipinski definition) is 0. The van der Waals surface area contributed by atoms with E-state index in [0.717, 1.165) is 11.3 Å². The number of ketones is 1. The fourth-order valence-electron chi connectivity index (χ4n) is 3.09. The molecule has 1 aliphatic heterocycles. The van der Waals surface area contributed by atoms with Gasteiger partial charge in [-0.05, 0) is 31.9 Å². The number of carbonyl (C=O) groups excluding carboxylic acids is 1. The number of aryl methyl sites for hydroxylation is 3. The second-order valence-electron chi connectivity index (χ2n) is 5.84. The minimum Gasteiger partial charge on any atom is -0.383 e. The Labute approximate surface area is 130 Å². The van der Waals surface area contributed by atoms with Crippen molar-refractivity contribution in [3.8, 4) is 0 Å². The Kier molecular flexibility index (Phi) is 3.80. The summed E-state index contributed by atoms with van der Waals surface area (Å²) in [6.45, 7) is 6.23. The predicted molar refractivity (Wildman–Crippen MR) is 87.5 cm³/mol. The van der Waals surface area contributed by atoms with E-state index in [1.54, 1.807) is 0 Å². The average Bonchev–Trinajstić information content (AvgIpc) is 2.96. The lowest BCUT2D eigenvalue weighted by Crippen LogP contribution is -2.21. The van der Waals surface area contributed by atoms with Crippen molar-refractivity contribution >= 4 is 11.5 Å². The standard InChI is InChI=1S/C19H19NO2/c1-12-9-13(2)18(14(3)10-12)16-11-17(22-20-16)19(21)15-7-5-4-6-8-15/h4-10,17H,11H2,1-3H3/t17-/m1/s1. The van der Waals surface area contributed by atoms with Crippen molar-refractivity contribution < 1.29 is 9.63 Å². The van der Waals surface area contributed by atoms with Gasteiger partial charge in [-0.1, -0.05) is 53.2 Å². The lowest BCUT2D eigenvalue weighted by Gasteiger charge is -2.10. The molecule has 0 N–H and O–H groups in total. The van der Waals surface area contributed by atoms with Crippen molar-refractivity contribution in [3.05, 3.63) is 70.3 Å². The van der Waals surface area contributed by atoms with Gasteiger partial charge in [0.1, 0.15) is 0 Å². The van der Waals surface area contributed by atoms with Crippen LogP contribution >= 0.6 is 0 Å². The quantitative estimate of drug-likeness (QED) is 0.803. The Balaban J connectivity index is 1.82. The van der Waals surface area contributed by atoms with E-state index in [-0.39, 0.29) is 5.78 Å². The smallest absolute Gasteiger partial charge is 0.206 e. The molecule has 0 aromatic heterocycles. The van der Waals surface area contributed by atoms with Crippen LogP contribution in [0.5, 0.6) is 0 Å². The van der Waals surface area contributed by atoms with Crippen LogP contribution in [0, 0.1) is 20.8 Å². The normalized spacial score (nSPS) is 17.0. The van der Waals surface area contributed by atoms with Gasteiger partial charge in [-0.3, -0.25) is 4.79 Å². The first kappa shape index (κ1) is 14.5. The van der Waals surface area contributed by atoms with E-state index in [4.69, 9.17) is 4.84 Å². The number of Topliss-reactive ketones (excluding diaryl/α,β-unsaturated/α-hetero) is 1. The molecule has 1 aliphatic rings. The van der Waals surface area contributed by atoms with Gasteiger partial charge in [-0.15, -0.1) is 0 Å². The number of oxime groups is 1. The summed E-state index contributed by atoms with van der Waals surface area (Å²) in [7, 11) is 0. The largest absolute Gasteiger partial charge is 0.383 e. The van der Waals surface area contributed by atoms with Gasteiger partial charge in [-0.25, -0.2) is 0 Å². The Morgan fingerprint density at radius 3 is 2.36 bits per heavy atom. The molecule has 0 saturated carbocycles.